The van der Waals surface area contributed by atoms with Crippen LogP contribution in [0.4, 0.5) is 0 Å². The molecule has 0 aliphatic heterocycles. The maximum absolute atomic E-state index is 4.71. The summed E-state index contributed by atoms with van der Waals surface area (Å²) in [6, 6.07) is 6.26. The van der Waals surface area contributed by atoms with Crippen molar-refractivity contribution in [2.75, 3.05) is 13.6 Å². The minimum Gasteiger partial charge on any atom is -0.342 e. The lowest BCUT2D eigenvalue weighted by molar-refractivity contribution is 0.331. The lowest BCUT2D eigenvalue weighted by Crippen LogP contribution is -2.21. The number of hydrogen-bond donors (Lipinski definition) is 1. The number of H-pyrrole nitrogens is 1. The molecule has 3 aromatic rings. The van der Waals surface area contributed by atoms with Gasteiger partial charge in [-0.25, -0.2) is 9.97 Å². The van der Waals surface area contributed by atoms with Crippen LogP contribution >= 0.6 is 11.3 Å². The van der Waals surface area contributed by atoms with Crippen LogP contribution < -0.4 is 0 Å². The number of thiazole rings is 1. The highest BCUT2D eigenvalue weighted by molar-refractivity contribution is 7.09. The summed E-state index contributed by atoms with van der Waals surface area (Å²) in [4.78, 5) is 16.1. The Morgan fingerprint density at radius 1 is 1.29 bits per heavy atom. The van der Waals surface area contributed by atoms with Crippen molar-refractivity contribution in [2.24, 2.45) is 0 Å². The van der Waals surface area contributed by atoms with Gasteiger partial charge in [0.25, 0.3) is 0 Å². The summed E-state index contributed by atoms with van der Waals surface area (Å²) in [6.07, 6.45) is 0.933. The van der Waals surface area contributed by atoms with Gasteiger partial charge in [0.1, 0.15) is 5.82 Å². The number of aromatic nitrogens is 3. The Kier molecular flexibility index (Phi) is 4.03. The molecular formula is C16H20N4S. The molecule has 1 aromatic carbocycles. The van der Waals surface area contributed by atoms with E-state index in [1.54, 1.807) is 11.3 Å². The van der Waals surface area contributed by atoms with Crippen molar-refractivity contribution in [2.45, 2.75) is 26.8 Å². The minimum absolute atomic E-state index is 0.933. The van der Waals surface area contributed by atoms with Crippen LogP contribution in [0.2, 0.25) is 0 Å². The summed E-state index contributed by atoms with van der Waals surface area (Å²) >= 11 is 1.73. The van der Waals surface area contributed by atoms with Crippen molar-refractivity contribution in [1.29, 1.82) is 0 Å². The third-order valence-electron chi connectivity index (χ3n) is 3.75. The lowest BCUT2D eigenvalue weighted by Gasteiger charge is -2.14. The van der Waals surface area contributed by atoms with Gasteiger partial charge in [-0.3, -0.25) is 0 Å². The Hall–Kier alpha value is -1.72. The van der Waals surface area contributed by atoms with E-state index in [-0.39, 0.29) is 0 Å². The first-order valence-corrected chi connectivity index (χ1v) is 8.03. The summed E-state index contributed by atoms with van der Waals surface area (Å²) in [5, 5.41) is 0. The number of nitrogens with zero attached hydrogens (tertiary/aromatic N) is 3. The van der Waals surface area contributed by atoms with Crippen molar-refractivity contribution in [3.63, 3.8) is 0 Å². The van der Waals surface area contributed by atoms with E-state index in [1.807, 2.05) is 5.51 Å². The summed E-state index contributed by atoms with van der Waals surface area (Å²) < 4.78 is 0. The van der Waals surface area contributed by atoms with Crippen LogP contribution in [0.5, 0.6) is 0 Å². The van der Waals surface area contributed by atoms with Crippen LogP contribution in [0.15, 0.2) is 23.7 Å². The number of benzene rings is 1. The first-order chi connectivity index (χ1) is 10.1. The van der Waals surface area contributed by atoms with Gasteiger partial charge in [0.15, 0.2) is 0 Å². The second kappa shape index (κ2) is 5.95. The molecule has 0 saturated heterocycles. The van der Waals surface area contributed by atoms with Crippen LogP contribution in [0.1, 0.15) is 22.0 Å². The van der Waals surface area contributed by atoms with E-state index in [2.05, 4.69) is 54.0 Å². The van der Waals surface area contributed by atoms with E-state index < -0.39 is 0 Å². The molecule has 0 bridgehead atoms. The zero-order valence-corrected chi connectivity index (χ0v) is 13.5. The van der Waals surface area contributed by atoms with Crippen LogP contribution in [0, 0.1) is 13.8 Å². The molecule has 0 radical (unpaired) electrons. The van der Waals surface area contributed by atoms with Crippen LogP contribution in [0.25, 0.3) is 11.0 Å². The maximum Gasteiger partial charge on any atom is 0.108 e. The Bertz CT molecular complexity index is 744. The molecule has 2 aromatic heterocycles. The molecule has 21 heavy (non-hydrogen) atoms. The van der Waals surface area contributed by atoms with E-state index in [4.69, 9.17) is 4.98 Å². The smallest absolute Gasteiger partial charge is 0.108 e. The van der Waals surface area contributed by atoms with Crippen LogP contribution in [0.3, 0.4) is 0 Å². The average molecular weight is 300 g/mol. The molecule has 0 spiro atoms. The standard InChI is InChI=1S/C16H20N4S/c1-11-5-4-6-13-16(11)19-15(18-13)7-8-20(3)9-14-12(2)17-10-21-14/h4-6,10H,7-9H2,1-3H3,(H,18,19). The Morgan fingerprint density at radius 2 is 2.14 bits per heavy atom. The number of aromatic amines is 1. The molecule has 0 aliphatic carbocycles. The van der Waals surface area contributed by atoms with Gasteiger partial charge in [-0.1, -0.05) is 12.1 Å². The fraction of sp³-hybridized carbons (Fsp3) is 0.375. The van der Waals surface area contributed by atoms with Crippen LogP contribution in [-0.2, 0) is 13.0 Å². The van der Waals surface area contributed by atoms with Crippen molar-refractivity contribution < 1.29 is 0 Å². The third-order valence-corrected chi connectivity index (χ3v) is 4.67. The maximum atomic E-state index is 4.71. The summed E-state index contributed by atoms with van der Waals surface area (Å²) in [6.45, 7) is 6.11. The van der Waals surface area contributed by atoms with E-state index >= 15 is 0 Å². The topological polar surface area (TPSA) is 44.8 Å². The number of imidazole rings is 1. The highest BCUT2D eigenvalue weighted by Crippen LogP contribution is 2.17. The van der Waals surface area contributed by atoms with Gasteiger partial charge >= 0.3 is 0 Å². The van der Waals surface area contributed by atoms with Gasteiger partial charge in [0.2, 0.25) is 0 Å². The molecule has 0 fully saturated rings. The van der Waals surface area contributed by atoms with Gasteiger partial charge in [-0.2, -0.15) is 0 Å². The van der Waals surface area contributed by atoms with E-state index in [0.717, 1.165) is 42.1 Å². The molecule has 1 N–H and O–H groups in total. The van der Waals surface area contributed by atoms with Gasteiger partial charge in [-0.05, 0) is 32.5 Å². The third kappa shape index (κ3) is 3.14. The second-order valence-electron chi connectivity index (χ2n) is 5.50. The van der Waals surface area contributed by atoms with Crippen molar-refractivity contribution in [1.82, 2.24) is 19.9 Å². The monoisotopic (exact) mass is 300 g/mol. The zero-order chi connectivity index (χ0) is 14.8. The predicted octanol–water partition coefficient (Wildman–Crippen LogP) is 3.31. The molecule has 0 aliphatic rings. The second-order valence-corrected chi connectivity index (χ2v) is 6.44. The van der Waals surface area contributed by atoms with Crippen molar-refractivity contribution in [3.8, 4) is 0 Å². The number of fused-ring (bicyclic) bond motifs is 1. The van der Waals surface area contributed by atoms with E-state index in [0.29, 0.717) is 0 Å². The molecule has 0 saturated carbocycles. The predicted molar refractivity (Wildman–Crippen MR) is 87.7 cm³/mol. The molecule has 4 nitrogen and oxygen atoms in total. The van der Waals surface area contributed by atoms with E-state index in [9.17, 15) is 0 Å². The summed E-state index contributed by atoms with van der Waals surface area (Å²) in [5.74, 6) is 1.06. The molecule has 0 unspecified atom stereocenters. The SMILES string of the molecule is Cc1ncsc1CN(C)CCc1nc2c(C)cccc2[nH]1. The fourth-order valence-electron chi connectivity index (χ4n) is 2.44. The molecule has 110 valence electrons. The number of aryl methyl sites for hydroxylation is 2. The quantitative estimate of drug-likeness (QED) is 0.786. The fourth-order valence-corrected chi connectivity index (χ4v) is 3.30. The zero-order valence-electron chi connectivity index (χ0n) is 12.7. The molecule has 2 heterocycles. The minimum atomic E-state index is 0.933. The van der Waals surface area contributed by atoms with E-state index in [1.165, 1.54) is 10.4 Å². The first kappa shape index (κ1) is 14.2. The normalized spacial score (nSPS) is 11.6. The van der Waals surface area contributed by atoms with Crippen LogP contribution in [-0.4, -0.2) is 33.4 Å². The first-order valence-electron chi connectivity index (χ1n) is 7.15. The Labute approximate surface area is 128 Å². The van der Waals surface area contributed by atoms with Gasteiger partial charge in [-0.15, -0.1) is 11.3 Å². The number of para-hydroxylation sites is 1. The van der Waals surface area contributed by atoms with Gasteiger partial charge < -0.3 is 9.88 Å². The Morgan fingerprint density at radius 3 is 2.86 bits per heavy atom. The summed E-state index contributed by atoms with van der Waals surface area (Å²) in [7, 11) is 2.15. The number of nitrogens with one attached hydrogen (secondary N) is 1. The number of hydrogen-bond acceptors (Lipinski definition) is 4. The average Bonchev–Trinajstić information content (AvgIpc) is 3.04. The molecule has 0 amide bonds. The highest BCUT2D eigenvalue weighted by Gasteiger charge is 2.08. The lowest BCUT2D eigenvalue weighted by atomic mass is 10.2. The van der Waals surface area contributed by atoms with Crippen molar-refractivity contribution in [3.05, 3.63) is 45.7 Å². The van der Waals surface area contributed by atoms with Gasteiger partial charge in [0, 0.05) is 24.4 Å². The molecule has 0 atom stereocenters. The van der Waals surface area contributed by atoms with Crippen molar-refractivity contribution >= 4 is 22.4 Å². The molecule has 5 heteroatoms. The molecule has 3 rings (SSSR count). The largest absolute Gasteiger partial charge is 0.342 e. The number of likely N-dealkylation sites (N-methyl/N-ethyl adjacent to an activating group) is 1. The number of rotatable bonds is 5. The Balaban J connectivity index is 1.63. The summed E-state index contributed by atoms with van der Waals surface area (Å²) in [5.41, 5.74) is 6.51. The van der Waals surface area contributed by atoms with Gasteiger partial charge in [0.05, 0.1) is 22.2 Å². The highest BCUT2D eigenvalue weighted by atomic mass is 32.1. The molecular weight excluding hydrogens is 280 g/mol.